The van der Waals surface area contributed by atoms with Gasteiger partial charge >= 0.3 is 0 Å². The molecule has 0 amide bonds. The highest BCUT2D eigenvalue weighted by Gasteiger charge is 1.99. The van der Waals surface area contributed by atoms with Crippen LogP contribution in [0.5, 0.6) is 5.75 Å². The first-order valence-corrected chi connectivity index (χ1v) is 4.16. The van der Waals surface area contributed by atoms with Crippen LogP contribution in [0.3, 0.4) is 0 Å². The van der Waals surface area contributed by atoms with E-state index in [4.69, 9.17) is 22.8 Å². The van der Waals surface area contributed by atoms with Gasteiger partial charge in [0, 0.05) is 5.69 Å². The fourth-order valence-electron chi connectivity index (χ4n) is 0.929. The second-order valence-corrected chi connectivity index (χ2v) is 2.81. The summed E-state index contributed by atoms with van der Waals surface area (Å²) in [6, 6.07) is 5.43. The SMILES string of the molecule is C#CCNc1ccc(OC)c(Cl)c1. The average molecular weight is 196 g/mol. The van der Waals surface area contributed by atoms with E-state index in [0.717, 1.165) is 5.69 Å². The number of methoxy groups -OCH3 is 1. The van der Waals surface area contributed by atoms with Crippen LogP contribution in [0.15, 0.2) is 18.2 Å². The summed E-state index contributed by atoms with van der Waals surface area (Å²) in [5.74, 6) is 3.14. The third-order valence-corrected chi connectivity index (χ3v) is 1.84. The van der Waals surface area contributed by atoms with Gasteiger partial charge in [0.15, 0.2) is 0 Å². The normalized spacial score (nSPS) is 9.00. The maximum atomic E-state index is 5.89. The average Bonchev–Trinajstić information content (AvgIpc) is 2.15. The van der Waals surface area contributed by atoms with Gasteiger partial charge < -0.3 is 10.1 Å². The molecule has 2 nitrogen and oxygen atoms in total. The molecule has 1 aromatic rings. The molecule has 1 N–H and O–H groups in total. The monoisotopic (exact) mass is 195 g/mol. The quantitative estimate of drug-likeness (QED) is 0.748. The molecule has 0 aliphatic heterocycles. The molecule has 0 bridgehead atoms. The number of hydrogen-bond acceptors (Lipinski definition) is 2. The predicted octanol–water partition coefficient (Wildman–Crippen LogP) is 2.39. The van der Waals surface area contributed by atoms with Crippen molar-refractivity contribution in [3.63, 3.8) is 0 Å². The Bertz CT molecular complexity index is 330. The molecule has 0 spiro atoms. The van der Waals surface area contributed by atoms with E-state index >= 15 is 0 Å². The van der Waals surface area contributed by atoms with Gasteiger partial charge in [0.25, 0.3) is 0 Å². The summed E-state index contributed by atoms with van der Waals surface area (Å²) in [5.41, 5.74) is 0.892. The first-order valence-electron chi connectivity index (χ1n) is 3.79. The van der Waals surface area contributed by atoms with Crippen molar-refractivity contribution in [1.29, 1.82) is 0 Å². The highest BCUT2D eigenvalue weighted by molar-refractivity contribution is 6.32. The highest BCUT2D eigenvalue weighted by Crippen LogP contribution is 2.26. The summed E-state index contributed by atoms with van der Waals surface area (Å²) in [6.45, 7) is 0.489. The fraction of sp³-hybridized carbons (Fsp3) is 0.200. The number of ether oxygens (including phenoxy) is 1. The lowest BCUT2D eigenvalue weighted by Gasteiger charge is -2.06. The summed E-state index contributed by atoms with van der Waals surface area (Å²) in [6.07, 6.45) is 5.10. The summed E-state index contributed by atoms with van der Waals surface area (Å²) in [4.78, 5) is 0. The van der Waals surface area contributed by atoms with Crippen LogP contribution in [0.4, 0.5) is 5.69 Å². The first-order chi connectivity index (χ1) is 6.27. The van der Waals surface area contributed by atoms with E-state index in [9.17, 15) is 0 Å². The van der Waals surface area contributed by atoms with Gasteiger partial charge in [0.1, 0.15) is 5.75 Å². The van der Waals surface area contributed by atoms with Gasteiger partial charge in [-0.05, 0) is 18.2 Å². The number of hydrogen-bond donors (Lipinski definition) is 1. The summed E-state index contributed by atoms with van der Waals surface area (Å²) >= 11 is 5.89. The Morgan fingerprint density at radius 3 is 2.92 bits per heavy atom. The molecule has 0 saturated heterocycles. The maximum absolute atomic E-state index is 5.89. The van der Waals surface area contributed by atoms with Crippen molar-refractivity contribution in [2.24, 2.45) is 0 Å². The minimum atomic E-state index is 0.489. The number of halogens is 1. The van der Waals surface area contributed by atoms with Crippen LogP contribution in [-0.2, 0) is 0 Å². The molecule has 0 radical (unpaired) electrons. The molecular weight excluding hydrogens is 186 g/mol. The van der Waals surface area contributed by atoms with Crippen molar-refractivity contribution >= 4 is 17.3 Å². The van der Waals surface area contributed by atoms with Gasteiger partial charge in [0.2, 0.25) is 0 Å². The van der Waals surface area contributed by atoms with Crippen LogP contribution >= 0.6 is 11.6 Å². The molecule has 68 valence electrons. The van der Waals surface area contributed by atoms with Crippen molar-refractivity contribution in [2.45, 2.75) is 0 Å². The van der Waals surface area contributed by atoms with Gasteiger partial charge in [0.05, 0.1) is 18.7 Å². The molecule has 0 aliphatic carbocycles. The van der Waals surface area contributed by atoms with Gasteiger partial charge in [-0.15, -0.1) is 6.42 Å². The first kappa shape index (κ1) is 9.76. The molecule has 0 unspecified atom stereocenters. The topological polar surface area (TPSA) is 21.3 Å². The molecule has 1 rings (SSSR count). The molecule has 1 aromatic carbocycles. The standard InChI is InChI=1S/C10H10ClNO/c1-3-6-12-8-4-5-10(13-2)9(11)7-8/h1,4-5,7,12H,6H2,2H3. The minimum absolute atomic E-state index is 0.489. The van der Waals surface area contributed by atoms with E-state index in [1.807, 2.05) is 6.07 Å². The molecule has 0 heterocycles. The van der Waals surface area contributed by atoms with Gasteiger partial charge in [-0.1, -0.05) is 17.5 Å². The van der Waals surface area contributed by atoms with Crippen molar-refractivity contribution in [2.75, 3.05) is 19.0 Å². The van der Waals surface area contributed by atoms with E-state index in [1.165, 1.54) is 0 Å². The molecule has 0 aromatic heterocycles. The van der Waals surface area contributed by atoms with Crippen LogP contribution < -0.4 is 10.1 Å². The largest absolute Gasteiger partial charge is 0.495 e. The zero-order valence-electron chi connectivity index (χ0n) is 7.30. The highest BCUT2D eigenvalue weighted by atomic mass is 35.5. The Morgan fingerprint density at radius 1 is 1.62 bits per heavy atom. The summed E-state index contributed by atoms with van der Waals surface area (Å²) in [5, 5.41) is 3.58. The Kier molecular flexibility index (Phi) is 3.48. The lowest BCUT2D eigenvalue weighted by atomic mass is 10.3. The molecule has 0 fully saturated rings. The smallest absolute Gasteiger partial charge is 0.137 e. The molecular formula is C10H10ClNO. The van der Waals surface area contributed by atoms with Crippen molar-refractivity contribution in [1.82, 2.24) is 0 Å². The Hall–Kier alpha value is -1.33. The van der Waals surface area contributed by atoms with Crippen molar-refractivity contribution in [3.05, 3.63) is 23.2 Å². The summed E-state index contributed by atoms with van der Waals surface area (Å²) in [7, 11) is 1.58. The van der Waals surface area contributed by atoms with Crippen LogP contribution in [0, 0.1) is 12.3 Å². The zero-order valence-corrected chi connectivity index (χ0v) is 8.06. The van der Waals surface area contributed by atoms with Crippen molar-refractivity contribution < 1.29 is 4.74 Å². The Labute approximate surface area is 82.9 Å². The fourth-order valence-corrected chi connectivity index (χ4v) is 1.19. The Balaban J connectivity index is 2.78. The van der Waals surface area contributed by atoms with E-state index in [-0.39, 0.29) is 0 Å². The lowest BCUT2D eigenvalue weighted by Crippen LogP contribution is -1.98. The summed E-state index contributed by atoms with van der Waals surface area (Å²) < 4.78 is 5.00. The van der Waals surface area contributed by atoms with Gasteiger partial charge in [-0.3, -0.25) is 0 Å². The van der Waals surface area contributed by atoms with Crippen LogP contribution in [-0.4, -0.2) is 13.7 Å². The molecule has 13 heavy (non-hydrogen) atoms. The van der Waals surface area contributed by atoms with Crippen LogP contribution in [0.2, 0.25) is 5.02 Å². The van der Waals surface area contributed by atoms with Gasteiger partial charge in [-0.25, -0.2) is 0 Å². The number of rotatable bonds is 3. The molecule has 3 heteroatoms. The van der Waals surface area contributed by atoms with Crippen LogP contribution in [0.1, 0.15) is 0 Å². The van der Waals surface area contributed by atoms with Crippen molar-refractivity contribution in [3.8, 4) is 18.1 Å². The number of nitrogens with one attached hydrogen (secondary N) is 1. The van der Waals surface area contributed by atoms with E-state index < -0.39 is 0 Å². The molecule has 0 aliphatic rings. The third kappa shape index (κ3) is 2.57. The Morgan fingerprint density at radius 2 is 2.38 bits per heavy atom. The number of anilines is 1. The lowest BCUT2D eigenvalue weighted by molar-refractivity contribution is 0.415. The second kappa shape index (κ2) is 4.64. The van der Waals surface area contributed by atoms with Gasteiger partial charge in [-0.2, -0.15) is 0 Å². The van der Waals surface area contributed by atoms with E-state index in [0.29, 0.717) is 17.3 Å². The number of benzene rings is 1. The van der Waals surface area contributed by atoms with E-state index in [2.05, 4.69) is 11.2 Å². The minimum Gasteiger partial charge on any atom is -0.495 e. The zero-order chi connectivity index (χ0) is 9.68. The molecule has 0 saturated carbocycles. The maximum Gasteiger partial charge on any atom is 0.137 e. The third-order valence-electron chi connectivity index (χ3n) is 1.55. The number of terminal acetylenes is 1. The van der Waals surface area contributed by atoms with Crippen LogP contribution in [0.25, 0.3) is 0 Å². The molecule has 0 atom stereocenters. The predicted molar refractivity (Wildman–Crippen MR) is 55.3 cm³/mol. The van der Waals surface area contributed by atoms with E-state index in [1.54, 1.807) is 19.2 Å². The second-order valence-electron chi connectivity index (χ2n) is 2.41.